The van der Waals surface area contributed by atoms with Crippen molar-refractivity contribution in [3.8, 4) is 17.2 Å². The van der Waals surface area contributed by atoms with Crippen LogP contribution in [0.1, 0.15) is 22.8 Å². The molecular formula is C21H25N3O6. The zero-order valence-electron chi connectivity index (χ0n) is 17.1. The first-order valence-corrected chi connectivity index (χ1v) is 9.15. The molecule has 0 radical (unpaired) electrons. The molecule has 0 aliphatic heterocycles. The SMILES string of the molecule is COc1cc(C(=O)NC(C)C(=O)NCc2ccccc2)cc(OC)c1OCC(N)=O. The van der Waals surface area contributed by atoms with Crippen LogP contribution in [0.2, 0.25) is 0 Å². The molecule has 0 aromatic heterocycles. The number of benzene rings is 2. The highest BCUT2D eigenvalue weighted by molar-refractivity contribution is 5.98. The van der Waals surface area contributed by atoms with Gasteiger partial charge in [-0.2, -0.15) is 0 Å². The molecule has 30 heavy (non-hydrogen) atoms. The lowest BCUT2D eigenvalue weighted by Crippen LogP contribution is -2.44. The summed E-state index contributed by atoms with van der Waals surface area (Å²) in [7, 11) is 2.76. The van der Waals surface area contributed by atoms with Gasteiger partial charge in [-0.15, -0.1) is 0 Å². The van der Waals surface area contributed by atoms with E-state index in [0.29, 0.717) is 6.54 Å². The largest absolute Gasteiger partial charge is 0.493 e. The predicted molar refractivity (Wildman–Crippen MR) is 109 cm³/mol. The third-order valence-electron chi connectivity index (χ3n) is 4.13. The topological polar surface area (TPSA) is 129 Å². The molecule has 0 saturated carbocycles. The van der Waals surface area contributed by atoms with Crippen molar-refractivity contribution in [3.63, 3.8) is 0 Å². The number of amides is 3. The van der Waals surface area contributed by atoms with Gasteiger partial charge in [-0.05, 0) is 24.6 Å². The number of methoxy groups -OCH3 is 2. The fourth-order valence-corrected chi connectivity index (χ4v) is 2.58. The Balaban J connectivity index is 2.07. The third kappa shape index (κ3) is 6.13. The Kier molecular flexibility index (Phi) is 8.04. The Hall–Kier alpha value is -3.75. The zero-order valence-corrected chi connectivity index (χ0v) is 17.1. The van der Waals surface area contributed by atoms with Gasteiger partial charge in [0.2, 0.25) is 11.7 Å². The maximum Gasteiger partial charge on any atom is 0.255 e. The van der Waals surface area contributed by atoms with E-state index in [2.05, 4.69) is 10.6 Å². The first-order chi connectivity index (χ1) is 14.3. The van der Waals surface area contributed by atoms with Gasteiger partial charge < -0.3 is 30.6 Å². The Bertz CT molecular complexity index is 876. The Labute approximate surface area is 174 Å². The molecule has 0 fully saturated rings. The van der Waals surface area contributed by atoms with Crippen LogP contribution in [-0.2, 0) is 16.1 Å². The monoisotopic (exact) mass is 415 g/mol. The van der Waals surface area contributed by atoms with Crippen LogP contribution in [0.5, 0.6) is 17.2 Å². The van der Waals surface area contributed by atoms with Crippen molar-refractivity contribution in [2.75, 3.05) is 20.8 Å². The molecule has 2 rings (SSSR count). The van der Waals surface area contributed by atoms with Crippen molar-refractivity contribution in [2.45, 2.75) is 19.5 Å². The lowest BCUT2D eigenvalue weighted by Gasteiger charge is -2.17. The summed E-state index contributed by atoms with van der Waals surface area (Å²) < 4.78 is 15.8. The lowest BCUT2D eigenvalue weighted by molar-refractivity contribution is -0.122. The minimum atomic E-state index is -0.774. The molecule has 0 aliphatic rings. The highest BCUT2D eigenvalue weighted by Crippen LogP contribution is 2.38. The van der Waals surface area contributed by atoms with Gasteiger partial charge in [0.15, 0.2) is 18.1 Å². The molecule has 9 nitrogen and oxygen atoms in total. The van der Waals surface area contributed by atoms with Crippen LogP contribution in [0.15, 0.2) is 42.5 Å². The van der Waals surface area contributed by atoms with E-state index in [0.717, 1.165) is 5.56 Å². The molecule has 0 aliphatic carbocycles. The number of hydrogen-bond donors (Lipinski definition) is 3. The van der Waals surface area contributed by atoms with Crippen molar-refractivity contribution in [2.24, 2.45) is 5.73 Å². The molecule has 0 bridgehead atoms. The summed E-state index contributed by atoms with van der Waals surface area (Å²) in [6, 6.07) is 11.5. The van der Waals surface area contributed by atoms with Gasteiger partial charge in [0.1, 0.15) is 6.04 Å². The summed E-state index contributed by atoms with van der Waals surface area (Å²) in [5, 5.41) is 5.40. The second kappa shape index (κ2) is 10.7. The molecular weight excluding hydrogens is 390 g/mol. The van der Waals surface area contributed by atoms with Crippen LogP contribution < -0.4 is 30.6 Å². The van der Waals surface area contributed by atoms with Crippen LogP contribution in [-0.4, -0.2) is 44.6 Å². The van der Waals surface area contributed by atoms with E-state index in [1.165, 1.54) is 26.4 Å². The molecule has 4 N–H and O–H groups in total. The zero-order chi connectivity index (χ0) is 22.1. The fraction of sp³-hybridized carbons (Fsp3) is 0.286. The number of nitrogens with two attached hydrogens (primary N) is 1. The lowest BCUT2D eigenvalue weighted by atomic mass is 10.1. The Morgan fingerprint density at radius 2 is 1.63 bits per heavy atom. The summed E-state index contributed by atoms with van der Waals surface area (Å²) >= 11 is 0. The molecule has 1 unspecified atom stereocenters. The molecule has 9 heteroatoms. The number of nitrogens with one attached hydrogen (secondary N) is 2. The van der Waals surface area contributed by atoms with Crippen LogP contribution >= 0.6 is 0 Å². The molecule has 0 spiro atoms. The van der Waals surface area contributed by atoms with Gasteiger partial charge in [-0.3, -0.25) is 14.4 Å². The summed E-state index contributed by atoms with van der Waals surface area (Å²) in [5.41, 5.74) is 6.24. The average molecular weight is 415 g/mol. The maximum absolute atomic E-state index is 12.6. The fourth-order valence-electron chi connectivity index (χ4n) is 2.58. The van der Waals surface area contributed by atoms with Gasteiger partial charge in [0.25, 0.3) is 11.8 Å². The first-order valence-electron chi connectivity index (χ1n) is 9.15. The van der Waals surface area contributed by atoms with Gasteiger partial charge >= 0.3 is 0 Å². The highest BCUT2D eigenvalue weighted by atomic mass is 16.5. The van der Waals surface area contributed by atoms with E-state index < -0.39 is 17.9 Å². The maximum atomic E-state index is 12.6. The number of carbonyl (C=O) groups excluding carboxylic acids is 3. The Morgan fingerprint density at radius 3 is 2.17 bits per heavy atom. The van der Waals surface area contributed by atoms with Crippen molar-refractivity contribution < 1.29 is 28.6 Å². The molecule has 0 heterocycles. The average Bonchev–Trinajstić information content (AvgIpc) is 2.75. The van der Waals surface area contributed by atoms with E-state index in [4.69, 9.17) is 19.9 Å². The van der Waals surface area contributed by atoms with Gasteiger partial charge in [-0.25, -0.2) is 0 Å². The van der Waals surface area contributed by atoms with Crippen LogP contribution in [0, 0.1) is 0 Å². The minimum Gasteiger partial charge on any atom is -0.493 e. The van der Waals surface area contributed by atoms with Gasteiger partial charge in [0.05, 0.1) is 14.2 Å². The highest BCUT2D eigenvalue weighted by Gasteiger charge is 2.21. The standard InChI is InChI=1S/C21H25N3O6/c1-13(20(26)23-11-14-7-5-4-6-8-14)24-21(27)15-9-16(28-2)19(17(10-15)29-3)30-12-18(22)25/h4-10,13H,11-12H2,1-3H3,(H2,22,25)(H,23,26)(H,24,27). The van der Waals surface area contributed by atoms with E-state index >= 15 is 0 Å². The van der Waals surface area contributed by atoms with Crippen LogP contribution in [0.4, 0.5) is 0 Å². The van der Waals surface area contributed by atoms with E-state index in [1.807, 2.05) is 30.3 Å². The smallest absolute Gasteiger partial charge is 0.255 e. The molecule has 160 valence electrons. The number of primary amides is 1. The molecule has 2 aromatic carbocycles. The van der Waals surface area contributed by atoms with Crippen LogP contribution in [0.3, 0.4) is 0 Å². The molecule has 2 aromatic rings. The van der Waals surface area contributed by atoms with E-state index in [-0.39, 0.29) is 35.3 Å². The molecule has 1 atom stereocenters. The van der Waals surface area contributed by atoms with Crippen molar-refractivity contribution in [1.29, 1.82) is 0 Å². The second-order valence-corrected chi connectivity index (χ2v) is 6.36. The minimum absolute atomic E-state index is 0.143. The van der Waals surface area contributed by atoms with Gasteiger partial charge in [0, 0.05) is 12.1 Å². The van der Waals surface area contributed by atoms with E-state index in [1.54, 1.807) is 6.92 Å². The quantitative estimate of drug-likeness (QED) is 0.531. The Morgan fingerprint density at radius 1 is 1.03 bits per heavy atom. The molecule has 3 amide bonds. The summed E-state index contributed by atoms with van der Waals surface area (Å²) in [5.74, 6) is -0.993. The van der Waals surface area contributed by atoms with Gasteiger partial charge in [-0.1, -0.05) is 30.3 Å². The second-order valence-electron chi connectivity index (χ2n) is 6.36. The summed E-state index contributed by atoms with van der Waals surface area (Å²) in [6.07, 6.45) is 0. The normalized spacial score (nSPS) is 11.2. The first kappa shape index (κ1) is 22.5. The third-order valence-corrected chi connectivity index (χ3v) is 4.13. The number of ether oxygens (including phenoxy) is 3. The summed E-state index contributed by atoms with van der Waals surface area (Å²) in [6.45, 7) is 1.56. The van der Waals surface area contributed by atoms with Crippen molar-refractivity contribution in [3.05, 3.63) is 53.6 Å². The number of rotatable bonds is 10. The molecule has 0 saturated heterocycles. The van der Waals surface area contributed by atoms with Crippen molar-refractivity contribution >= 4 is 17.7 Å². The van der Waals surface area contributed by atoms with Crippen molar-refractivity contribution in [1.82, 2.24) is 10.6 Å². The number of carbonyl (C=O) groups is 3. The van der Waals surface area contributed by atoms with E-state index in [9.17, 15) is 14.4 Å². The summed E-state index contributed by atoms with van der Waals surface area (Å²) in [4.78, 5) is 35.9. The number of hydrogen-bond acceptors (Lipinski definition) is 6. The predicted octanol–water partition coefficient (Wildman–Crippen LogP) is 1.00. The van der Waals surface area contributed by atoms with Crippen LogP contribution in [0.25, 0.3) is 0 Å².